The summed E-state index contributed by atoms with van der Waals surface area (Å²) in [5.74, 6) is -3.18. The lowest BCUT2D eigenvalue weighted by molar-refractivity contribution is -0.127. The van der Waals surface area contributed by atoms with Crippen LogP contribution < -0.4 is 10.2 Å². The summed E-state index contributed by atoms with van der Waals surface area (Å²) in [6.07, 6.45) is 8.04. The topological polar surface area (TPSA) is 58.1 Å². The van der Waals surface area contributed by atoms with Crippen molar-refractivity contribution in [3.05, 3.63) is 18.5 Å². The quantitative estimate of drug-likeness (QED) is 0.911. The lowest BCUT2D eigenvalue weighted by Gasteiger charge is -2.34. The molecule has 0 bridgehead atoms. The Hall–Kier alpha value is -1.79. The van der Waals surface area contributed by atoms with Crippen molar-refractivity contribution in [2.45, 2.75) is 56.0 Å². The molecule has 2 heterocycles. The SMILES string of the molecule is O=C(NC12CCCC1N(c1ncccn1)CC2)C1C[C@@H]2[C@H](C1)C2(F)F. The predicted octanol–water partition coefficient (Wildman–Crippen LogP) is 2.39. The Morgan fingerprint density at radius 1 is 1.20 bits per heavy atom. The summed E-state index contributed by atoms with van der Waals surface area (Å²) in [4.78, 5) is 23.7. The lowest BCUT2D eigenvalue weighted by atomic mass is 9.91. The zero-order valence-corrected chi connectivity index (χ0v) is 14.0. The van der Waals surface area contributed by atoms with E-state index in [1.165, 1.54) is 0 Å². The minimum Gasteiger partial charge on any atom is -0.348 e. The average molecular weight is 348 g/mol. The van der Waals surface area contributed by atoms with Crippen LogP contribution in [0, 0.1) is 17.8 Å². The highest BCUT2D eigenvalue weighted by Gasteiger charge is 2.72. The van der Waals surface area contributed by atoms with Gasteiger partial charge < -0.3 is 10.2 Å². The van der Waals surface area contributed by atoms with Crippen LogP contribution in [0.4, 0.5) is 14.7 Å². The summed E-state index contributed by atoms with van der Waals surface area (Å²) in [6.45, 7) is 0.822. The number of nitrogens with one attached hydrogen (secondary N) is 1. The van der Waals surface area contributed by atoms with E-state index in [0.29, 0.717) is 18.8 Å². The van der Waals surface area contributed by atoms with Gasteiger partial charge in [0.05, 0.1) is 11.6 Å². The van der Waals surface area contributed by atoms with E-state index >= 15 is 0 Å². The van der Waals surface area contributed by atoms with Crippen molar-refractivity contribution in [1.82, 2.24) is 15.3 Å². The van der Waals surface area contributed by atoms with Crippen molar-refractivity contribution >= 4 is 11.9 Å². The van der Waals surface area contributed by atoms with Crippen molar-refractivity contribution in [2.24, 2.45) is 17.8 Å². The van der Waals surface area contributed by atoms with Crippen LogP contribution in [0.15, 0.2) is 18.5 Å². The van der Waals surface area contributed by atoms with E-state index in [2.05, 4.69) is 20.2 Å². The van der Waals surface area contributed by atoms with Gasteiger partial charge in [0.1, 0.15) is 0 Å². The van der Waals surface area contributed by atoms with E-state index in [9.17, 15) is 13.6 Å². The number of hydrogen-bond donors (Lipinski definition) is 1. The molecule has 0 radical (unpaired) electrons. The Morgan fingerprint density at radius 3 is 2.64 bits per heavy atom. The zero-order chi connectivity index (χ0) is 17.2. The second-order valence-electron chi connectivity index (χ2n) is 8.10. The smallest absolute Gasteiger partial charge is 0.254 e. The van der Waals surface area contributed by atoms with Crippen LogP contribution in [-0.2, 0) is 4.79 Å². The first-order valence-electron chi connectivity index (χ1n) is 9.25. The van der Waals surface area contributed by atoms with Crippen LogP contribution in [0.3, 0.4) is 0 Å². The molecular formula is C18H22F2N4O. The highest BCUT2D eigenvalue weighted by atomic mass is 19.3. The Kier molecular flexibility index (Phi) is 3.16. The van der Waals surface area contributed by atoms with E-state index in [1.54, 1.807) is 18.5 Å². The third kappa shape index (κ3) is 2.20. The Balaban J connectivity index is 1.30. The summed E-state index contributed by atoms with van der Waals surface area (Å²) >= 11 is 0. The van der Waals surface area contributed by atoms with Crippen LogP contribution in [-0.4, -0.2) is 39.9 Å². The van der Waals surface area contributed by atoms with Gasteiger partial charge in [-0.2, -0.15) is 0 Å². The van der Waals surface area contributed by atoms with Gasteiger partial charge in [0.2, 0.25) is 11.9 Å². The highest BCUT2D eigenvalue weighted by Crippen LogP contribution is 2.65. The van der Waals surface area contributed by atoms with Gasteiger partial charge in [-0.1, -0.05) is 0 Å². The van der Waals surface area contributed by atoms with Gasteiger partial charge >= 0.3 is 0 Å². The second-order valence-corrected chi connectivity index (χ2v) is 8.10. The van der Waals surface area contributed by atoms with E-state index < -0.39 is 17.8 Å². The van der Waals surface area contributed by atoms with E-state index in [0.717, 1.165) is 32.2 Å². The molecule has 134 valence electrons. The molecule has 1 aromatic rings. The van der Waals surface area contributed by atoms with Gasteiger partial charge in [-0.05, 0) is 44.6 Å². The molecular weight excluding hydrogens is 326 g/mol. The van der Waals surface area contributed by atoms with E-state index in [4.69, 9.17) is 0 Å². The monoisotopic (exact) mass is 348 g/mol. The molecule has 1 amide bonds. The number of carbonyl (C=O) groups excluding carboxylic acids is 1. The van der Waals surface area contributed by atoms with E-state index in [1.807, 2.05) is 0 Å². The molecule has 4 aliphatic rings. The van der Waals surface area contributed by atoms with Crippen LogP contribution in [0.1, 0.15) is 38.5 Å². The van der Waals surface area contributed by atoms with Crippen molar-refractivity contribution in [2.75, 3.05) is 11.4 Å². The molecule has 0 spiro atoms. The van der Waals surface area contributed by atoms with Crippen molar-refractivity contribution < 1.29 is 13.6 Å². The van der Waals surface area contributed by atoms with Gasteiger partial charge in [0, 0.05) is 36.7 Å². The Morgan fingerprint density at radius 2 is 1.92 bits per heavy atom. The molecule has 1 N–H and O–H groups in total. The highest BCUT2D eigenvalue weighted by molar-refractivity contribution is 5.80. The third-order valence-electron chi connectivity index (χ3n) is 6.91. The molecule has 1 saturated heterocycles. The molecule has 0 aromatic carbocycles. The molecule has 3 aliphatic carbocycles. The standard InChI is InChI=1S/C18H22F2N4O/c19-18(20)12-9-11(10-13(12)18)15(25)23-17-4-1-3-14(17)24(8-5-17)16-21-6-2-7-22-16/h2,6-7,11-14H,1,3-5,8-10H2,(H,23,25)/t11?,12-,13+,14?,17?. The number of halogens is 2. The van der Waals surface area contributed by atoms with Gasteiger partial charge in [0.15, 0.2) is 0 Å². The zero-order valence-electron chi connectivity index (χ0n) is 14.0. The average Bonchev–Trinajstić information content (AvgIpc) is 3.09. The fourth-order valence-electron chi connectivity index (χ4n) is 5.54. The van der Waals surface area contributed by atoms with Crippen molar-refractivity contribution in [3.8, 4) is 0 Å². The number of alkyl halides is 2. The summed E-state index contributed by atoms with van der Waals surface area (Å²) in [7, 11) is 0. The molecule has 3 unspecified atom stereocenters. The summed E-state index contributed by atoms with van der Waals surface area (Å²) < 4.78 is 26.8. The first kappa shape index (κ1) is 15.5. The molecule has 7 heteroatoms. The van der Waals surface area contributed by atoms with Crippen molar-refractivity contribution in [3.63, 3.8) is 0 Å². The maximum atomic E-state index is 13.4. The maximum absolute atomic E-state index is 13.4. The lowest BCUT2D eigenvalue weighted by Crippen LogP contribution is -2.55. The fourth-order valence-corrected chi connectivity index (χ4v) is 5.54. The van der Waals surface area contributed by atoms with Gasteiger partial charge in [-0.25, -0.2) is 18.7 Å². The van der Waals surface area contributed by atoms with Gasteiger partial charge in [-0.15, -0.1) is 0 Å². The third-order valence-corrected chi connectivity index (χ3v) is 6.91. The van der Waals surface area contributed by atoms with Crippen LogP contribution in [0.25, 0.3) is 0 Å². The molecule has 4 fully saturated rings. The summed E-state index contributed by atoms with van der Waals surface area (Å²) in [5, 5.41) is 3.28. The number of fused-ring (bicyclic) bond motifs is 2. The first-order chi connectivity index (χ1) is 12.0. The molecule has 25 heavy (non-hydrogen) atoms. The van der Waals surface area contributed by atoms with Crippen molar-refractivity contribution in [1.29, 1.82) is 0 Å². The molecule has 5 atom stereocenters. The molecule has 5 rings (SSSR count). The number of nitrogens with zero attached hydrogens (tertiary/aromatic N) is 3. The Labute approximate surface area is 145 Å². The molecule has 5 nitrogen and oxygen atoms in total. The van der Waals surface area contributed by atoms with E-state index in [-0.39, 0.29) is 23.4 Å². The molecule has 1 aromatic heterocycles. The van der Waals surface area contributed by atoms with Crippen LogP contribution in [0.2, 0.25) is 0 Å². The number of rotatable bonds is 3. The minimum atomic E-state index is -2.51. The number of amides is 1. The number of hydrogen-bond acceptors (Lipinski definition) is 4. The maximum Gasteiger partial charge on any atom is 0.254 e. The molecule has 3 saturated carbocycles. The Bertz CT molecular complexity index is 686. The number of carbonyl (C=O) groups is 1. The van der Waals surface area contributed by atoms with Crippen LogP contribution in [0.5, 0.6) is 0 Å². The summed E-state index contributed by atoms with van der Waals surface area (Å²) in [5.41, 5.74) is -0.244. The molecule has 1 aliphatic heterocycles. The number of aromatic nitrogens is 2. The van der Waals surface area contributed by atoms with Gasteiger partial charge in [-0.3, -0.25) is 4.79 Å². The number of anilines is 1. The predicted molar refractivity (Wildman–Crippen MR) is 87.2 cm³/mol. The minimum absolute atomic E-state index is 0.0225. The van der Waals surface area contributed by atoms with Crippen LogP contribution >= 0.6 is 0 Å². The fraction of sp³-hybridized carbons (Fsp3) is 0.722. The largest absolute Gasteiger partial charge is 0.348 e. The van der Waals surface area contributed by atoms with Gasteiger partial charge in [0.25, 0.3) is 5.92 Å². The normalized spacial score (nSPS) is 40.6. The first-order valence-corrected chi connectivity index (χ1v) is 9.25. The second kappa shape index (κ2) is 5.11. The summed E-state index contributed by atoms with van der Waals surface area (Å²) in [6, 6.07) is 2.00.